The number of fused-ring (bicyclic) bond motifs is 2. The Morgan fingerprint density at radius 2 is 1.82 bits per heavy atom. The van der Waals surface area contributed by atoms with E-state index in [1.807, 2.05) is 42.1 Å². The van der Waals surface area contributed by atoms with E-state index in [1.165, 1.54) is 18.2 Å². The number of alkyl halides is 3. The summed E-state index contributed by atoms with van der Waals surface area (Å²) >= 11 is 0. The highest BCUT2D eigenvalue weighted by Crippen LogP contribution is 2.41. The van der Waals surface area contributed by atoms with Crippen molar-refractivity contribution in [3.8, 4) is 11.5 Å². The molecule has 0 unspecified atom stereocenters. The lowest BCUT2D eigenvalue weighted by molar-refractivity contribution is -0.137. The van der Waals surface area contributed by atoms with Crippen LogP contribution in [0.3, 0.4) is 0 Å². The first-order valence-corrected chi connectivity index (χ1v) is 13.6. The van der Waals surface area contributed by atoms with Crippen molar-refractivity contribution in [2.75, 3.05) is 0 Å². The standard InChI is InChI=1S/C30H24F3NO5S/c1-29(2)15-13-24-27(39-40(36,37)22-6-4-5-21(18-22)30(31,32)33)12-9-23(28(24)38-29)26(35)11-8-19-7-10-25-20(17-19)14-16-34(25)3/h4-18H,1-3H3/b11-8+. The lowest BCUT2D eigenvalue weighted by atomic mass is 9.97. The molecule has 0 bridgehead atoms. The number of rotatable bonds is 6. The van der Waals surface area contributed by atoms with Gasteiger partial charge in [0.15, 0.2) is 11.5 Å². The molecular weight excluding hydrogens is 543 g/mol. The number of carbonyl (C=O) groups is 1. The molecule has 206 valence electrons. The monoisotopic (exact) mass is 567 g/mol. The van der Waals surface area contributed by atoms with E-state index >= 15 is 0 Å². The van der Waals surface area contributed by atoms with E-state index in [0.29, 0.717) is 6.07 Å². The van der Waals surface area contributed by atoms with Crippen LogP contribution in [0.5, 0.6) is 11.5 Å². The normalized spacial score (nSPS) is 14.8. The number of halogens is 3. The number of ketones is 1. The van der Waals surface area contributed by atoms with E-state index in [9.17, 15) is 26.4 Å². The van der Waals surface area contributed by atoms with Crippen molar-refractivity contribution in [3.63, 3.8) is 0 Å². The summed E-state index contributed by atoms with van der Waals surface area (Å²) in [7, 11) is -2.70. The van der Waals surface area contributed by atoms with Crippen LogP contribution >= 0.6 is 0 Å². The van der Waals surface area contributed by atoms with Crippen molar-refractivity contribution >= 4 is 39.0 Å². The van der Waals surface area contributed by atoms with Gasteiger partial charge in [0.25, 0.3) is 0 Å². The quantitative estimate of drug-likeness (QED) is 0.142. The minimum absolute atomic E-state index is 0.109. The first kappa shape index (κ1) is 27.3. The van der Waals surface area contributed by atoms with Gasteiger partial charge in [-0.25, -0.2) is 0 Å². The van der Waals surface area contributed by atoms with Gasteiger partial charge in [0.2, 0.25) is 0 Å². The van der Waals surface area contributed by atoms with Gasteiger partial charge in [0, 0.05) is 24.1 Å². The molecule has 0 atom stereocenters. The van der Waals surface area contributed by atoms with Gasteiger partial charge in [0.1, 0.15) is 16.2 Å². The number of allylic oxidation sites excluding steroid dienone is 1. The van der Waals surface area contributed by atoms with E-state index < -0.39 is 32.4 Å². The summed E-state index contributed by atoms with van der Waals surface area (Å²) in [6.45, 7) is 3.52. The number of carbonyl (C=O) groups excluding carboxylic acids is 1. The zero-order valence-electron chi connectivity index (χ0n) is 21.7. The SMILES string of the molecule is Cn1ccc2cc(/C=C/C(=O)c3ccc(OS(=O)(=O)c4cccc(C(F)(F)F)c4)c4c3OC(C)(C)C=C4)ccc21. The van der Waals surface area contributed by atoms with Crippen molar-refractivity contribution in [1.29, 1.82) is 0 Å². The predicted molar refractivity (Wildman–Crippen MR) is 146 cm³/mol. The number of nitrogens with zero attached hydrogens (tertiary/aromatic N) is 1. The van der Waals surface area contributed by atoms with E-state index in [2.05, 4.69) is 0 Å². The molecule has 0 amide bonds. The van der Waals surface area contributed by atoms with Gasteiger partial charge in [-0.15, -0.1) is 0 Å². The number of aryl methyl sites for hydroxylation is 1. The van der Waals surface area contributed by atoms with E-state index in [-0.39, 0.29) is 28.4 Å². The van der Waals surface area contributed by atoms with Crippen LogP contribution in [-0.2, 0) is 23.3 Å². The first-order valence-electron chi connectivity index (χ1n) is 12.2. The molecule has 10 heteroatoms. The molecule has 0 spiro atoms. The Morgan fingerprint density at radius 1 is 1.05 bits per heavy atom. The van der Waals surface area contributed by atoms with Crippen molar-refractivity contribution in [1.82, 2.24) is 4.57 Å². The summed E-state index contributed by atoms with van der Waals surface area (Å²) in [5, 5.41) is 1.02. The Labute approximate surface area is 229 Å². The molecule has 5 rings (SSSR count). The molecule has 0 fully saturated rings. The van der Waals surface area contributed by atoms with Crippen LogP contribution in [0.1, 0.15) is 40.9 Å². The van der Waals surface area contributed by atoms with E-state index in [0.717, 1.165) is 34.7 Å². The molecule has 6 nitrogen and oxygen atoms in total. The second-order valence-corrected chi connectivity index (χ2v) is 11.4. The van der Waals surface area contributed by atoms with Gasteiger partial charge in [-0.3, -0.25) is 4.79 Å². The molecule has 1 aromatic heterocycles. The largest absolute Gasteiger partial charge is 0.482 e. The highest BCUT2D eigenvalue weighted by atomic mass is 32.2. The van der Waals surface area contributed by atoms with E-state index in [4.69, 9.17) is 8.92 Å². The molecule has 0 saturated carbocycles. The zero-order valence-corrected chi connectivity index (χ0v) is 22.5. The third-order valence-corrected chi connectivity index (χ3v) is 7.65. The number of aromatic nitrogens is 1. The third kappa shape index (κ3) is 5.40. The van der Waals surface area contributed by atoms with Gasteiger partial charge >= 0.3 is 16.3 Å². The average Bonchev–Trinajstić information content (AvgIpc) is 3.26. The summed E-state index contributed by atoms with van der Waals surface area (Å²) in [6, 6.07) is 13.7. The van der Waals surface area contributed by atoms with Crippen LogP contribution in [0.4, 0.5) is 13.2 Å². The second kappa shape index (κ2) is 9.71. The van der Waals surface area contributed by atoms with Crippen LogP contribution in [0.25, 0.3) is 23.1 Å². The molecule has 2 heterocycles. The maximum absolute atomic E-state index is 13.3. The molecule has 40 heavy (non-hydrogen) atoms. The highest BCUT2D eigenvalue weighted by molar-refractivity contribution is 7.87. The number of hydrogen-bond acceptors (Lipinski definition) is 5. The molecule has 4 aromatic rings. The summed E-state index contributed by atoms with van der Waals surface area (Å²) in [6.07, 6.45) is 3.52. The van der Waals surface area contributed by atoms with Crippen LogP contribution in [0.2, 0.25) is 0 Å². The summed E-state index contributed by atoms with van der Waals surface area (Å²) < 4.78 is 78.6. The fraction of sp³-hybridized carbons (Fsp3) is 0.167. The van der Waals surface area contributed by atoms with Gasteiger partial charge in [-0.1, -0.05) is 18.2 Å². The number of ether oxygens (including phenoxy) is 1. The Morgan fingerprint density at radius 3 is 2.58 bits per heavy atom. The minimum atomic E-state index is -4.73. The molecule has 3 aromatic carbocycles. The molecule has 0 aliphatic carbocycles. The second-order valence-electron chi connectivity index (χ2n) is 9.90. The van der Waals surface area contributed by atoms with Gasteiger partial charge in [-0.2, -0.15) is 21.6 Å². The molecule has 1 aliphatic rings. The van der Waals surface area contributed by atoms with Crippen LogP contribution in [0, 0.1) is 0 Å². The molecular formula is C30H24F3NO5S. The zero-order chi connectivity index (χ0) is 28.9. The van der Waals surface area contributed by atoms with Gasteiger partial charge < -0.3 is 13.5 Å². The van der Waals surface area contributed by atoms with Crippen LogP contribution in [0.15, 0.2) is 83.9 Å². The molecule has 0 saturated heterocycles. The van der Waals surface area contributed by atoms with Crippen molar-refractivity contribution < 1.29 is 35.3 Å². The predicted octanol–water partition coefficient (Wildman–Crippen LogP) is 7.05. The topological polar surface area (TPSA) is 74.6 Å². The number of benzene rings is 3. The fourth-order valence-electron chi connectivity index (χ4n) is 4.36. The molecule has 1 aliphatic heterocycles. The maximum atomic E-state index is 13.3. The van der Waals surface area contributed by atoms with Crippen molar-refractivity contribution in [3.05, 3.63) is 101 Å². The minimum Gasteiger partial charge on any atom is -0.482 e. The van der Waals surface area contributed by atoms with Gasteiger partial charge in [-0.05, 0) is 86.2 Å². The van der Waals surface area contributed by atoms with E-state index in [1.54, 1.807) is 32.1 Å². The highest BCUT2D eigenvalue weighted by Gasteiger charge is 2.33. The molecule has 0 radical (unpaired) electrons. The fourth-order valence-corrected chi connectivity index (χ4v) is 5.35. The summed E-state index contributed by atoms with van der Waals surface area (Å²) in [4.78, 5) is 12.6. The van der Waals surface area contributed by atoms with Crippen molar-refractivity contribution in [2.45, 2.75) is 30.5 Å². The lowest BCUT2D eigenvalue weighted by Gasteiger charge is -2.30. The maximum Gasteiger partial charge on any atom is 0.416 e. The summed E-state index contributed by atoms with van der Waals surface area (Å²) in [5.41, 5.74) is 0.282. The Bertz CT molecular complexity index is 1810. The Hall–Kier alpha value is -4.31. The van der Waals surface area contributed by atoms with Crippen LogP contribution < -0.4 is 8.92 Å². The van der Waals surface area contributed by atoms with Gasteiger partial charge in [0.05, 0.1) is 16.7 Å². The Balaban J connectivity index is 1.48. The Kier molecular flexibility index (Phi) is 6.62. The van der Waals surface area contributed by atoms with Crippen LogP contribution in [-0.4, -0.2) is 24.4 Å². The third-order valence-electron chi connectivity index (χ3n) is 6.42. The summed E-state index contributed by atoms with van der Waals surface area (Å²) in [5.74, 6) is -0.464. The average molecular weight is 568 g/mol. The number of hydrogen-bond donors (Lipinski definition) is 0. The smallest absolute Gasteiger partial charge is 0.416 e. The first-order chi connectivity index (χ1) is 18.7. The lowest BCUT2D eigenvalue weighted by Crippen LogP contribution is -2.29. The van der Waals surface area contributed by atoms with Crippen molar-refractivity contribution in [2.24, 2.45) is 7.05 Å². The molecule has 0 N–H and O–H groups in total.